The molecule has 0 spiro atoms. The maximum Gasteiger partial charge on any atom is 0.146 e. The van der Waals surface area contributed by atoms with Crippen LogP contribution in [-0.2, 0) is 18.9 Å². The number of ether oxygens (including phenoxy) is 4. The van der Waals surface area contributed by atoms with Crippen molar-refractivity contribution in [2.45, 2.75) is 71.0 Å². The van der Waals surface area contributed by atoms with E-state index in [1.807, 2.05) is 0 Å². The van der Waals surface area contributed by atoms with Crippen LogP contribution in [0.4, 0.5) is 0 Å². The Balaban J connectivity index is 1.96. The number of fused-ring (bicyclic) bond motifs is 2. The zero-order chi connectivity index (χ0) is 19.5. The van der Waals surface area contributed by atoms with Gasteiger partial charge in [0.25, 0.3) is 0 Å². The summed E-state index contributed by atoms with van der Waals surface area (Å²) in [6, 6.07) is 2.78. The summed E-state index contributed by atoms with van der Waals surface area (Å²) in [5.41, 5.74) is 0.939. The zero-order valence-corrected chi connectivity index (χ0v) is 17.3. The summed E-state index contributed by atoms with van der Waals surface area (Å²) in [4.78, 5) is 0. The highest BCUT2D eigenvalue weighted by atomic mass is 16.7. The van der Waals surface area contributed by atoms with Gasteiger partial charge in [0.2, 0.25) is 0 Å². The van der Waals surface area contributed by atoms with E-state index < -0.39 is 5.41 Å². The fourth-order valence-electron chi connectivity index (χ4n) is 6.05. The second-order valence-corrected chi connectivity index (χ2v) is 9.11. The lowest BCUT2D eigenvalue weighted by Crippen LogP contribution is -2.58. The normalized spacial score (nSPS) is 38.1. The molecule has 5 atom stereocenters. The van der Waals surface area contributed by atoms with Crippen LogP contribution in [0.2, 0.25) is 0 Å². The smallest absolute Gasteiger partial charge is 0.146 e. The quantitative estimate of drug-likeness (QED) is 0.506. The lowest BCUT2D eigenvalue weighted by molar-refractivity contribution is -0.233. The molecule has 0 heterocycles. The highest BCUT2D eigenvalue weighted by molar-refractivity contribution is 5.24. The van der Waals surface area contributed by atoms with Crippen molar-refractivity contribution in [3.63, 3.8) is 0 Å². The molecule has 0 aromatic rings. The van der Waals surface area contributed by atoms with E-state index in [4.69, 9.17) is 18.9 Å². The van der Waals surface area contributed by atoms with E-state index in [2.05, 4.69) is 26.0 Å². The van der Waals surface area contributed by atoms with Crippen molar-refractivity contribution < 1.29 is 18.9 Å². The van der Waals surface area contributed by atoms with Gasteiger partial charge in [-0.25, -0.2) is 0 Å². The molecule has 0 amide bonds. The number of allylic oxidation sites excluding steroid dienone is 2. The number of methoxy groups -OCH3 is 2. The Bertz CT molecular complexity index is 581. The molecule has 152 valence electrons. The van der Waals surface area contributed by atoms with Crippen LogP contribution in [0.1, 0.15) is 58.8 Å². The first kappa shape index (κ1) is 20.8. The lowest BCUT2D eigenvalue weighted by Gasteiger charge is -2.55. The van der Waals surface area contributed by atoms with Crippen LogP contribution in [-0.4, -0.2) is 40.0 Å². The van der Waals surface area contributed by atoms with Gasteiger partial charge in [0.1, 0.15) is 13.6 Å². The van der Waals surface area contributed by atoms with E-state index in [1.54, 1.807) is 14.2 Å². The summed E-state index contributed by atoms with van der Waals surface area (Å²) in [6.45, 7) is 4.94. The molecule has 3 aliphatic rings. The molecule has 1 unspecified atom stereocenters. The summed E-state index contributed by atoms with van der Waals surface area (Å²) in [6.07, 6.45) is 9.67. The molecule has 2 fully saturated rings. The number of nitrogens with zero attached hydrogens (tertiary/aromatic N) is 1. The minimum Gasteiger partial charge on any atom is -0.359 e. The summed E-state index contributed by atoms with van der Waals surface area (Å²) < 4.78 is 22.6. The average Bonchev–Trinajstić information content (AvgIpc) is 2.83. The molecule has 2 saturated carbocycles. The molecular formula is C22H35NO4. The predicted octanol–water partition coefficient (Wildman–Crippen LogP) is 4.43. The molecule has 0 aromatic heterocycles. The largest absolute Gasteiger partial charge is 0.359 e. The van der Waals surface area contributed by atoms with Gasteiger partial charge in [-0.05, 0) is 62.2 Å². The van der Waals surface area contributed by atoms with Crippen LogP contribution in [0.25, 0.3) is 0 Å². The highest BCUT2D eigenvalue weighted by Gasteiger charge is 2.59. The maximum atomic E-state index is 10.4. The van der Waals surface area contributed by atoms with E-state index >= 15 is 0 Å². The van der Waals surface area contributed by atoms with E-state index in [0.717, 1.165) is 19.3 Å². The Morgan fingerprint density at radius 3 is 2.56 bits per heavy atom. The summed E-state index contributed by atoms with van der Waals surface area (Å²) in [5, 5.41) is 10.4. The monoisotopic (exact) mass is 377 g/mol. The molecule has 0 N–H and O–H groups in total. The molecule has 3 rings (SSSR count). The minimum absolute atomic E-state index is 0.117. The van der Waals surface area contributed by atoms with Gasteiger partial charge in [-0.1, -0.05) is 25.5 Å². The van der Waals surface area contributed by atoms with Gasteiger partial charge in [-0.2, -0.15) is 5.26 Å². The maximum absolute atomic E-state index is 10.4. The third-order valence-corrected chi connectivity index (χ3v) is 7.20. The average molecular weight is 378 g/mol. The second-order valence-electron chi connectivity index (χ2n) is 9.11. The van der Waals surface area contributed by atoms with Gasteiger partial charge < -0.3 is 18.9 Å². The Hall–Kier alpha value is -0.930. The van der Waals surface area contributed by atoms with Gasteiger partial charge in [0.15, 0.2) is 0 Å². The molecule has 0 radical (unpaired) electrons. The van der Waals surface area contributed by atoms with Crippen LogP contribution in [0.5, 0.6) is 0 Å². The van der Waals surface area contributed by atoms with Gasteiger partial charge in [-0.15, -0.1) is 0 Å². The van der Waals surface area contributed by atoms with Crippen molar-refractivity contribution in [3.05, 3.63) is 11.6 Å². The van der Waals surface area contributed by atoms with Crippen molar-refractivity contribution in [2.75, 3.05) is 27.8 Å². The third kappa shape index (κ3) is 3.96. The summed E-state index contributed by atoms with van der Waals surface area (Å²) in [7, 11) is 3.27. The Morgan fingerprint density at radius 2 is 1.85 bits per heavy atom. The van der Waals surface area contributed by atoms with E-state index in [-0.39, 0.29) is 37.1 Å². The summed E-state index contributed by atoms with van der Waals surface area (Å²) >= 11 is 0. The number of hydrogen-bond acceptors (Lipinski definition) is 5. The molecule has 0 aliphatic heterocycles. The Kier molecular flexibility index (Phi) is 6.63. The van der Waals surface area contributed by atoms with Gasteiger partial charge in [0, 0.05) is 14.2 Å². The topological polar surface area (TPSA) is 60.7 Å². The van der Waals surface area contributed by atoms with Crippen molar-refractivity contribution in [1.82, 2.24) is 0 Å². The molecule has 0 saturated heterocycles. The van der Waals surface area contributed by atoms with Crippen LogP contribution in [0, 0.1) is 34.0 Å². The van der Waals surface area contributed by atoms with Crippen LogP contribution in [0.3, 0.4) is 0 Å². The van der Waals surface area contributed by atoms with Crippen LogP contribution >= 0.6 is 0 Å². The zero-order valence-electron chi connectivity index (χ0n) is 17.3. The lowest BCUT2D eigenvalue weighted by atomic mass is 9.52. The summed E-state index contributed by atoms with van der Waals surface area (Å²) in [5.74, 6) is 0.938. The fourth-order valence-corrected chi connectivity index (χ4v) is 6.05. The van der Waals surface area contributed by atoms with Gasteiger partial charge >= 0.3 is 0 Å². The standard InChI is InChI=1S/C22H35NO4/c1-21(2)19-10-9-16-7-5-6-8-17(16)11-22(19,13-23)12-18(26-14-24-3)20(21)27-15-25-4/h8,16,18-20H,5-7,9-12,14-15H2,1-4H3/t16-,18-,19+,20+,22?/m1/s1. The van der Waals surface area contributed by atoms with Gasteiger partial charge in [-0.3, -0.25) is 0 Å². The van der Waals surface area contributed by atoms with Gasteiger partial charge in [0.05, 0.1) is 23.7 Å². The van der Waals surface area contributed by atoms with Crippen molar-refractivity contribution in [2.24, 2.45) is 22.7 Å². The molecule has 0 bridgehead atoms. The van der Waals surface area contributed by atoms with Crippen LogP contribution < -0.4 is 0 Å². The van der Waals surface area contributed by atoms with Crippen molar-refractivity contribution in [3.8, 4) is 6.07 Å². The SMILES string of the molecule is COCO[C@@H]1CC2(C#N)CC3=CCCC[C@@H]3CC[C@H]2C(C)(C)[C@H]1OCOC. The number of hydrogen-bond donors (Lipinski definition) is 0. The predicted molar refractivity (Wildman–Crippen MR) is 103 cm³/mol. The number of rotatable bonds is 6. The second kappa shape index (κ2) is 8.61. The molecule has 5 heteroatoms. The van der Waals surface area contributed by atoms with Crippen molar-refractivity contribution >= 4 is 0 Å². The van der Waals surface area contributed by atoms with Crippen molar-refractivity contribution in [1.29, 1.82) is 5.26 Å². The first-order valence-electron chi connectivity index (χ1n) is 10.3. The molecular weight excluding hydrogens is 342 g/mol. The van der Waals surface area contributed by atoms with Crippen LogP contribution in [0.15, 0.2) is 11.6 Å². The molecule has 0 aromatic carbocycles. The van der Waals surface area contributed by atoms with E-state index in [0.29, 0.717) is 12.3 Å². The molecule has 27 heavy (non-hydrogen) atoms. The number of nitriles is 1. The Morgan fingerprint density at radius 1 is 1.11 bits per heavy atom. The third-order valence-electron chi connectivity index (χ3n) is 7.20. The highest BCUT2D eigenvalue weighted by Crippen LogP contribution is 2.60. The molecule has 3 aliphatic carbocycles. The first-order valence-corrected chi connectivity index (χ1v) is 10.3. The fraction of sp³-hybridized carbons (Fsp3) is 0.864. The Labute approximate surface area is 164 Å². The first-order chi connectivity index (χ1) is 13.0. The minimum atomic E-state index is -0.396. The van der Waals surface area contributed by atoms with E-state index in [1.165, 1.54) is 24.8 Å². The van der Waals surface area contributed by atoms with E-state index in [9.17, 15) is 5.26 Å². The molecule has 5 nitrogen and oxygen atoms in total.